The predicted molar refractivity (Wildman–Crippen MR) is 76.5 cm³/mol. The third-order valence-corrected chi connectivity index (χ3v) is 3.93. The number of hydrogen-bond acceptors (Lipinski definition) is 5. The molecule has 0 aromatic rings. The summed E-state index contributed by atoms with van der Waals surface area (Å²) in [6.45, 7) is 5.19. The first-order valence-electron chi connectivity index (χ1n) is 7.52. The maximum absolute atomic E-state index is 12.1. The third kappa shape index (κ3) is 4.41. The molecule has 0 saturated carbocycles. The van der Waals surface area contributed by atoms with Crippen LogP contribution in [0.1, 0.15) is 19.3 Å². The molecule has 2 aliphatic heterocycles. The summed E-state index contributed by atoms with van der Waals surface area (Å²) in [7, 11) is 4.11. The Morgan fingerprint density at radius 2 is 1.90 bits per heavy atom. The Morgan fingerprint density at radius 3 is 2.50 bits per heavy atom. The van der Waals surface area contributed by atoms with Crippen molar-refractivity contribution in [3.05, 3.63) is 0 Å². The topological polar surface area (TPSA) is 54.0 Å². The van der Waals surface area contributed by atoms with E-state index in [0.717, 1.165) is 45.4 Å². The molecule has 0 atom stereocenters. The van der Waals surface area contributed by atoms with Crippen molar-refractivity contribution in [2.45, 2.75) is 25.0 Å². The van der Waals surface area contributed by atoms with E-state index in [4.69, 9.17) is 9.47 Å². The zero-order chi connectivity index (χ0) is 14.4. The van der Waals surface area contributed by atoms with Crippen LogP contribution in [-0.4, -0.2) is 81.5 Å². The molecule has 0 unspecified atom stereocenters. The number of carbonyl (C=O) groups excluding carboxylic acids is 1. The quantitative estimate of drug-likeness (QED) is 0.690. The maximum Gasteiger partial charge on any atom is 0.236 e. The van der Waals surface area contributed by atoms with Gasteiger partial charge < -0.3 is 24.6 Å². The Balaban J connectivity index is 1.60. The van der Waals surface area contributed by atoms with Crippen LogP contribution in [0.25, 0.3) is 0 Å². The molecule has 0 aromatic heterocycles. The van der Waals surface area contributed by atoms with Crippen molar-refractivity contribution in [2.24, 2.45) is 0 Å². The average molecular weight is 285 g/mol. The third-order valence-electron chi connectivity index (χ3n) is 3.93. The monoisotopic (exact) mass is 285 g/mol. The molecule has 0 bridgehead atoms. The van der Waals surface area contributed by atoms with Crippen molar-refractivity contribution in [3.8, 4) is 0 Å². The summed E-state index contributed by atoms with van der Waals surface area (Å²) < 4.78 is 11.3. The second-order valence-electron chi connectivity index (χ2n) is 5.82. The number of rotatable bonds is 6. The predicted octanol–water partition coefficient (Wildman–Crippen LogP) is -0.107. The van der Waals surface area contributed by atoms with Gasteiger partial charge >= 0.3 is 0 Å². The number of likely N-dealkylation sites (tertiary alicyclic amines) is 1. The SMILES string of the molecule is CN(C)CCCNCC(=O)N1CCC2(CC1)OCCO2. The summed E-state index contributed by atoms with van der Waals surface area (Å²) in [5.41, 5.74) is 0. The highest BCUT2D eigenvalue weighted by molar-refractivity contribution is 5.78. The molecule has 2 heterocycles. The smallest absolute Gasteiger partial charge is 0.236 e. The molecule has 6 nitrogen and oxygen atoms in total. The lowest BCUT2D eigenvalue weighted by Crippen LogP contribution is -2.49. The van der Waals surface area contributed by atoms with Gasteiger partial charge in [0.2, 0.25) is 5.91 Å². The fourth-order valence-corrected chi connectivity index (χ4v) is 2.71. The number of nitrogens with zero attached hydrogens (tertiary/aromatic N) is 2. The molecule has 20 heavy (non-hydrogen) atoms. The molecule has 6 heteroatoms. The van der Waals surface area contributed by atoms with Gasteiger partial charge in [-0.15, -0.1) is 0 Å². The van der Waals surface area contributed by atoms with Crippen LogP contribution in [0.4, 0.5) is 0 Å². The van der Waals surface area contributed by atoms with Gasteiger partial charge in [-0.2, -0.15) is 0 Å². The van der Waals surface area contributed by atoms with Crippen molar-refractivity contribution >= 4 is 5.91 Å². The van der Waals surface area contributed by atoms with Crippen molar-refractivity contribution in [1.82, 2.24) is 15.1 Å². The van der Waals surface area contributed by atoms with Gasteiger partial charge in [-0.25, -0.2) is 0 Å². The minimum absolute atomic E-state index is 0.183. The Morgan fingerprint density at radius 1 is 1.25 bits per heavy atom. The molecule has 116 valence electrons. The largest absolute Gasteiger partial charge is 0.347 e. The van der Waals surface area contributed by atoms with Crippen LogP contribution in [0.15, 0.2) is 0 Å². The molecule has 0 radical (unpaired) electrons. The summed E-state index contributed by atoms with van der Waals surface area (Å²) in [6, 6.07) is 0. The lowest BCUT2D eigenvalue weighted by atomic mass is 10.0. The van der Waals surface area contributed by atoms with Gasteiger partial charge in [-0.3, -0.25) is 4.79 Å². The summed E-state index contributed by atoms with van der Waals surface area (Å²) in [4.78, 5) is 16.1. The van der Waals surface area contributed by atoms with Crippen LogP contribution >= 0.6 is 0 Å². The molecular weight excluding hydrogens is 258 g/mol. The Labute approximate surface area is 121 Å². The van der Waals surface area contributed by atoms with Gasteiger partial charge in [-0.05, 0) is 33.6 Å². The Kier molecular flexibility index (Phi) is 5.77. The fourth-order valence-electron chi connectivity index (χ4n) is 2.71. The minimum atomic E-state index is -0.393. The van der Waals surface area contributed by atoms with E-state index < -0.39 is 5.79 Å². The van der Waals surface area contributed by atoms with E-state index in [2.05, 4.69) is 24.3 Å². The standard InChI is InChI=1S/C14H27N3O3/c1-16(2)7-3-6-15-12-13(18)17-8-4-14(5-9-17)19-10-11-20-14/h15H,3-12H2,1-2H3. The highest BCUT2D eigenvalue weighted by atomic mass is 16.7. The molecule has 2 rings (SSSR count). The highest BCUT2D eigenvalue weighted by Crippen LogP contribution is 2.31. The van der Waals surface area contributed by atoms with E-state index in [1.165, 1.54) is 0 Å². The van der Waals surface area contributed by atoms with Crippen LogP contribution in [0, 0.1) is 0 Å². The van der Waals surface area contributed by atoms with E-state index in [9.17, 15) is 4.79 Å². The lowest BCUT2D eigenvalue weighted by Gasteiger charge is -2.37. The minimum Gasteiger partial charge on any atom is -0.347 e. The Hall–Kier alpha value is -0.690. The second-order valence-corrected chi connectivity index (χ2v) is 5.82. The fraction of sp³-hybridized carbons (Fsp3) is 0.929. The first-order valence-corrected chi connectivity index (χ1v) is 7.52. The number of nitrogens with one attached hydrogen (secondary N) is 1. The summed E-state index contributed by atoms with van der Waals surface area (Å²) in [5.74, 6) is -0.210. The molecular formula is C14H27N3O3. The van der Waals surface area contributed by atoms with Gasteiger partial charge in [0.15, 0.2) is 5.79 Å². The number of ether oxygens (including phenoxy) is 2. The lowest BCUT2D eigenvalue weighted by molar-refractivity contribution is -0.187. The summed E-state index contributed by atoms with van der Waals surface area (Å²) in [5, 5.41) is 3.22. The molecule has 2 aliphatic rings. The highest BCUT2D eigenvalue weighted by Gasteiger charge is 2.40. The number of carbonyl (C=O) groups is 1. The average Bonchev–Trinajstić information content (AvgIpc) is 2.87. The maximum atomic E-state index is 12.1. The molecule has 0 aliphatic carbocycles. The van der Waals surface area contributed by atoms with Crippen molar-refractivity contribution in [3.63, 3.8) is 0 Å². The second kappa shape index (κ2) is 7.36. The molecule has 2 saturated heterocycles. The molecule has 1 amide bonds. The Bertz CT molecular complexity index is 307. The molecule has 0 aromatic carbocycles. The van der Waals surface area contributed by atoms with Crippen LogP contribution in [-0.2, 0) is 14.3 Å². The van der Waals surface area contributed by atoms with Gasteiger partial charge in [0, 0.05) is 25.9 Å². The van der Waals surface area contributed by atoms with E-state index in [1.807, 2.05) is 4.90 Å². The van der Waals surface area contributed by atoms with Gasteiger partial charge in [0.1, 0.15) is 0 Å². The molecule has 1 spiro atoms. The number of piperidine rings is 1. The zero-order valence-corrected chi connectivity index (χ0v) is 12.7. The van der Waals surface area contributed by atoms with E-state index in [-0.39, 0.29) is 5.91 Å². The molecule has 2 fully saturated rings. The summed E-state index contributed by atoms with van der Waals surface area (Å²) >= 11 is 0. The van der Waals surface area contributed by atoms with E-state index in [0.29, 0.717) is 19.8 Å². The van der Waals surface area contributed by atoms with Crippen LogP contribution in [0.3, 0.4) is 0 Å². The first kappa shape index (κ1) is 15.7. The van der Waals surface area contributed by atoms with Crippen molar-refractivity contribution in [1.29, 1.82) is 0 Å². The zero-order valence-electron chi connectivity index (χ0n) is 12.7. The van der Waals surface area contributed by atoms with E-state index in [1.54, 1.807) is 0 Å². The van der Waals surface area contributed by atoms with Crippen LogP contribution in [0.5, 0.6) is 0 Å². The van der Waals surface area contributed by atoms with E-state index >= 15 is 0 Å². The van der Waals surface area contributed by atoms with Gasteiger partial charge in [0.25, 0.3) is 0 Å². The normalized spacial score (nSPS) is 21.9. The van der Waals surface area contributed by atoms with Crippen molar-refractivity contribution in [2.75, 3.05) is 60.0 Å². The van der Waals surface area contributed by atoms with Crippen LogP contribution in [0.2, 0.25) is 0 Å². The van der Waals surface area contributed by atoms with Gasteiger partial charge in [0.05, 0.1) is 19.8 Å². The number of amides is 1. The van der Waals surface area contributed by atoms with Gasteiger partial charge in [-0.1, -0.05) is 0 Å². The molecule has 1 N–H and O–H groups in total. The van der Waals surface area contributed by atoms with Crippen molar-refractivity contribution < 1.29 is 14.3 Å². The summed E-state index contributed by atoms with van der Waals surface area (Å²) in [6.07, 6.45) is 2.64. The first-order chi connectivity index (χ1) is 9.61. The van der Waals surface area contributed by atoms with Crippen LogP contribution < -0.4 is 5.32 Å². The number of hydrogen-bond donors (Lipinski definition) is 1.